The number of unbranched alkanes of at least 4 members (excludes halogenated alkanes) is 1. The molecule has 0 fully saturated rings. The third-order valence-corrected chi connectivity index (χ3v) is 0.769. The fourth-order valence-corrected chi connectivity index (χ4v) is 0.374. The summed E-state index contributed by atoms with van der Waals surface area (Å²) in [6.07, 6.45) is 4.26. The van der Waals surface area contributed by atoms with Crippen molar-refractivity contribution in [1.82, 2.24) is 0 Å². The zero-order valence-corrected chi connectivity index (χ0v) is 8.11. The van der Waals surface area contributed by atoms with Gasteiger partial charge >= 0.3 is 0 Å². The van der Waals surface area contributed by atoms with E-state index in [2.05, 4.69) is 32.6 Å². The fraction of sp³-hybridized carbons (Fsp3) is 0.800. The van der Waals surface area contributed by atoms with Gasteiger partial charge in [-0.1, -0.05) is 27.2 Å². The Labute approximate surface area is 72.9 Å². The van der Waals surface area contributed by atoms with E-state index in [9.17, 15) is 0 Å². The Hall–Kier alpha value is -0.480. The van der Waals surface area contributed by atoms with E-state index in [0.29, 0.717) is 6.54 Å². The summed E-state index contributed by atoms with van der Waals surface area (Å²) in [7, 11) is 0. The summed E-state index contributed by atoms with van der Waals surface area (Å²) >= 11 is 0. The van der Waals surface area contributed by atoms with Crippen molar-refractivity contribution in [2.24, 2.45) is 5.73 Å². The van der Waals surface area contributed by atoms with Crippen LogP contribution in [0.3, 0.4) is 0 Å². The summed E-state index contributed by atoms with van der Waals surface area (Å²) in [5.41, 5.74) is 5.21. The molecule has 0 aliphatic heterocycles. The highest BCUT2D eigenvalue weighted by molar-refractivity contribution is 4.98. The molecule has 0 aromatic rings. The Balaban J connectivity index is -0.000000177. The Kier molecular flexibility index (Phi) is 19.4. The molecule has 0 atom stereocenters. The van der Waals surface area contributed by atoms with Crippen LogP contribution in [-0.4, -0.2) is 6.54 Å². The first kappa shape index (κ1) is 13.1. The van der Waals surface area contributed by atoms with Crippen LogP contribution in [0.1, 0.15) is 47.9 Å². The lowest BCUT2D eigenvalue weighted by molar-refractivity contribution is 0.975. The lowest BCUT2D eigenvalue weighted by atomic mass is 10.3. The topological polar surface area (TPSA) is 26.0 Å². The van der Waals surface area contributed by atoms with E-state index in [1.165, 1.54) is 6.42 Å². The second-order valence-electron chi connectivity index (χ2n) is 2.35. The molecule has 0 radical (unpaired) electrons. The maximum absolute atomic E-state index is 5.21. The first-order chi connectivity index (χ1) is 5.33. The van der Waals surface area contributed by atoms with Gasteiger partial charge in [0.15, 0.2) is 0 Å². The predicted octanol–water partition coefficient (Wildman–Crippen LogP) is 2.80. The van der Waals surface area contributed by atoms with Crippen molar-refractivity contribution in [2.45, 2.75) is 46.5 Å². The molecule has 68 valence electrons. The molecule has 0 heterocycles. The largest absolute Gasteiger partial charge is 0.330 e. The zero-order valence-electron chi connectivity index (χ0n) is 8.11. The van der Waals surface area contributed by atoms with Crippen molar-refractivity contribution in [1.29, 1.82) is 0 Å². The summed E-state index contributed by atoms with van der Waals surface area (Å²) in [5, 5.41) is 0. The molecule has 1 heteroatoms. The lowest BCUT2D eigenvalue weighted by Crippen LogP contribution is -1.95. The van der Waals surface area contributed by atoms with Gasteiger partial charge < -0.3 is 5.73 Å². The highest BCUT2D eigenvalue weighted by Gasteiger charge is 1.69. The SMILES string of the molecule is CCC.CCCC#CCCN.[HH]. The Morgan fingerprint density at radius 1 is 1.09 bits per heavy atom. The smallest absolute Gasteiger partial charge is 0.0212 e. The van der Waals surface area contributed by atoms with Gasteiger partial charge in [-0.2, -0.15) is 0 Å². The molecule has 2 N–H and O–H groups in total. The molecule has 0 aromatic carbocycles. The summed E-state index contributed by atoms with van der Waals surface area (Å²) in [5.74, 6) is 5.97. The summed E-state index contributed by atoms with van der Waals surface area (Å²) in [4.78, 5) is 0. The van der Waals surface area contributed by atoms with E-state index in [-0.39, 0.29) is 1.43 Å². The van der Waals surface area contributed by atoms with Gasteiger partial charge in [-0.15, -0.1) is 11.8 Å². The van der Waals surface area contributed by atoms with Crippen LogP contribution in [0.15, 0.2) is 0 Å². The second kappa shape index (κ2) is 16.3. The number of nitrogens with two attached hydrogens (primary N) is 1. The molecular formula is C10H23N. The molecule has 0 bridgehead atoms. The van der Waals surface area contributed by atoms with Gasteiger partial charge in [-0.3, -0.25) is 0 Å². The summed E-state index contributed by atoms with van der Waals surface area (Å²) in [6, 6.07) is 0. The average molecular weight is 157 g/mol. The van der Waals surface area contributed by atoms with Crippen LogP contribution < -0.4 is 5.73 Å². The van der Waals surface area contributed by atoms with Crippen molar-refractivity contribution in [3.05, 3.63) is 0 Å². The molecule has 1 nitrogen and oxygen atoms in total. The molecule has 11 heavy (non-hydrogen) atoms. The minimum Gasteiger partial charge on any atom is -0.330 e. The first-order valence-corrected chi connectivity index (χ1v) is 4.49. The van der Waals surface area contributed by atoms with Crippen LogP contribution in [0.25, 0.3) is 0 Å². The zero-order chi connectivity index (χ0) is 8.95. The molecule has 0 saturated heterocycles. The highest BCUT2D eigenvalue weighted by atomic mass is 14.5. The van der Waals surface area contributed by atoms with Gasteiger partial charge in [0.1, 0.15) is 0 Å². The third-order valence-electron chi connectivity index (χ3n) is 0.769. The first-order valence-electron chi connectivity index (χ1n) is 4.49. The van der Waals surface area contributed by atoms with E-state index in [4.69, 9.17) is 5.73 Å². The lowest BCUT2D eigenvalue weighted by Gasteiger charge is -1.78. The van der Waals surface area contributed by atoms with E-state index in [1.54, 1.807) is 0 Å². The molecule has 0 aliphatic rings. The van der Waals surface area contributed by atoms with Gasteiger partial charge in [0.25, 0.3) is 0 Å². The number of hydrogen-bond acceptors (Lipinski definition) is 1. The van der Waals surface area contributed by atoms with Crippen LogP contribution in [0.4, 0.5) is 0 Å². The van der Waals surface area contributed by atoms with Gasteiger partial charge in [0, 0.05) is 20.8 Å². The molecule has 0 rings (SSSR count). The monoisotopic (exact) mass is 157 g/mol. The molecule has 0 saturated carbocycles. The Bertz CT molecular complexity index is 92.1. The van der Waals surface area contributed by atoms with E-state index in [1.807, 2.05) is 0 Å². The van der Waals surface area contributed by atoms with Crippen LogP contribution >= 0.6 is 0 Å². The molecule has 0 aromatic heterocycles. The second-order valence-corrected chi connectivity index (χ2v) is 2.35. The van der Waals surface area contributed by atoms with Crippen LogP contribution in [0.2, 0.25) is 0 Å². The Morgan fingerprint density at radius 3 is 1.91 bits per heavy atom. The Morgan fingerprint density at radius 2 is 1.55 bits per heavy atom. The normalized spacial score (nSPS) is 7.27. The predicted molar refractivity (Wildman–Crippen MR) is 54.4 cm³/mol. The quantitative estimate of drug-likeness (QED) is 0.613. The van der Waals surface area contributed by atoms with Crippen molar-refractivity contribution in [3.63, 3.8) is 0 Å². The van der Waals surface area contributed by atoms with E-state index in [0.717, 1.165) is 19.3 Å². The molecular weight excluding hydrogens is 134 g/mol. The summed E-state index contributed by atoms with van der Waals surface area (Å²) < 4.78 is 0. The van der Waals surface area contributed by atoms with E-state index >= 15 is 0 Å². The van der Waals surface area contributed by atoms with Gasteiger partial charge in [0.2, 0.25) is 0 Å². The van der Waals surface area contributed by atoms with Crippen LogP contribution in [0.5, 0.6) is 0 Å². The molecule has 0 unspecified atom stereocenters. The molecule has 0 amide bonds. The van der Waals surface area contributed by atoms with Gasteiger partial charge in [-0.25, -0.2) is 0 Å². The fourth-order valence-electron chi connectivity index (χ4n) is 0.374. The van der Waals surface area contributed by atoms with Crippen molar-refractivity contribution in [2.75, 3.05) is 6.54 Å². The van der Waals surface area contributed by atoms with Gasteiger partial charge in [0.05, 0.1) is 0 Å². The maximum Gasteiger partial charge on any atom is 0.0212 e. The average Bonchev–Trinajstić information content (AvgIpc) is 2.00. The molecule has 0 aliphatic carbocycles. The van der Waals surface area contributed by atoms with Crippen molar-refractivity contribution < 1.29 is 1.43 Å². The number of hydrogen-bond donors (Lipinski definition) is 1. The standard InChI is InChI=1S/C7H13N.C3H8.H2/c1-2-3-4-5-6-7-8;1-3-2;/h2-3,6-8H2,1H3;3H2,1-2H3;1H. The van der Waals surface area contributed by atoms with Crippen molar-refractivity contribution >= 4 is 0 Å². The highest BCUT2D eigenvalue weighted by Crippen LogP contribution is 1.81. The van der Waals surface area contributed by atoms with Crippen LogP contribution in [-0.2, 0) is 0 Å². The van der Waals surface area contributed by atoms with Crippen LogP contribution in [0, 0.1) is 11.8 Å². The minimum atomic E-state index is 0. The maximum atomic E-state index is 5.21. The molecule has 0 spiro atoms. The number of rotatable bonds is 2. The van der Waals surface area contributed by atoms with E-state index < -0.39 is 0 Å². The minimum absolute atomic E-state index is 0. The summed E-state index contributed by atoms with van der Waals surface area (Å²) in [6.45, 7) is 7.06. The van der Waals surface area contributed by atoms with Gasteiger partial charge in [-0.05, 0) is 6.42 Å². The van der Waals surface area contributed by atoms with Crippen molar-refractivity contribution in [3.8, 4) is 11.8 Å². The third kappa shape index (κ3) is 26.4.